The summed E-state index contributed by atoms with van der Waals surface area (Å²) in [6.45, 7) is 2.37. The van der Waals surface area contributed by atoms with E-state index in [-0.39, 0.29) is 16.8 Å². The Morgan fingerprint density at radius 2 is 1.66 bits per heavy atom. The molecule has 1 aromatic heterocycles. The van der Waals surface area contributed by atoms with Crippen LogP contribution in [-0.2, 0) is 9.53 Å². The Morgan fingerprint density at radius 3 is 2.41 bits per heavy atom. The van der Waals surface area contributed by atoms with Gasteiger partial charge >= 0.3 is 0 Å². The average Bonchev–Trinajstić information content (AvgIpc) is 3.22. The molecule has 0 bridgehead atoms. The molecule has 0 radical (unpaired) electrons. The van der Waals surface area contributed by atoms with Crippen LogP contribution in [0.5, 0.6) is 0 Å². The van der Waals surface area contributed by atoms with Crippen molar-refractivity contribution in [2.45, 2.75) is 6.92 Å². The first-order valence-electron chi connectivity index (χ1n) is 9.51. The van der Waals surface area contributed by atoms with Gasteiger partial charge in [0.25, 0.3) is 11.1 Å². The summed E-state index contributed by atoms with van der Waals surface area (Å²) in [5.74, 6) is 0.0762. The van der Waals surface area contributed by atoms with Gasteiger partial charge < -0.3 is 9.30 Å². The van der Waals surface area contributed by atoms with Crippen molar-refractivity contribution in [2.75, 3.05) is 6.54 Å². The van der Waals surface area contributed by atoms with Gasteiger partial charge in [0.2, 0.25) is 0 Å². The molecule has 4 nitrogen and oxygen atoms in total. The highest BCUT2D eigenvalue weighted by molar-refractivity contribution is 7.80. The van der Waals surface area contributed by atoms with Crippen molar-refractivity contribution in [3.63, 3.8) is 0 Å². The summed E-state index contributed by atoms with van der Waals surface area (Å²) >= 11 is 5.15. The van der Waals surface area contributed by atoms with Crippen molar-refractivity contribution in [1.29, 1.82) is 0 Å². The molecule has 1 amide bonds. The van der Waals surface area contributed by atoms with E-state index >= 15 is 0 Å². The Balaban J connectivity index is 1.69. The summed E-state index contributed by atoms with van der Waals surface area (Å²) in [6.07, 6.45) is 1.76. The van der Waals surface area contributed by atoms with Crippen molar-refractivity contribution < 1.29 is 9.53 Å². The molecule has 2 heterocycles. The minimum Gasteiger partial charge on any atom is -0.426 e. The first kappa shape index (κ1) is 17.6. The van der Waals surface area contributed by atoms with E-state index in [4.69, 9.17) is 17.0 Å². The van der Waals surface area contributed by atoms with Gasteiger partial charge in [0.05, 0.1) is 11.0 Å². The minimum absolute atomic E-state index is 0.190. The smallest absolute Gasteiger partial charge is 0.297 e. The Morgan fingerprint density at radius 1 is 0.931 bits per heavy atom. The largest absolute Gasteiger partial charge is 0.426 e. The van der Waals surface area contributed by atoms with Gasteiger partial charge in [-0.2, -0.15) is 0 Å². The quantitative estimate of drug-likeness (QED) is 0.347. The van der Waals surface area contributed by atoms with Crippen molar-refractivity contribution in [3.05, 3.63) is 84.1 Å². The fourth-order valence-electron chi connectivity index (χ4n) is 3.86. The maximum Gasteiger partial charge on any atom is 0.297 e. The third kappa shape index (κ3) is 2.82. The molecule has 1 fully saturated rings. The highest BCUT2D eigenvalue weighted by Gasteiger charge is 2.32. The second-order valence-electron chi connectivity index (χ2n) is 6.89. The number of carbonyl (C=O) groups is 1. The molecule has 0 saturated carbocycles. The Hall–Kier alpha value is -3.44. The van der Waals surface area contributed by atoms with Gasteiger partial charge in [0.15, 0.2) is 5.76 Å². The van der Waals surface area contributed by atoms with Gasteiger partial charge in [-0.05, 0) is 61.1 Å². The number of rotatable bonds is 3. The Kier molecular flexibility index (Phi) is 4.18. The van der Waals surface area contributed by atoms with Crippen LogP contribution in [0.15, 0.2) is 78.6 Å². The number of hydrogen-bond donors (Lipinski definition) is 0. The summed E-state index contributed by atoms with van der Waals surface area (Å²) in [4.78, 5) is 13.9. The number of likely N-dealkylation sites (N-methyl/N-ethyl adjacent to an activating group) is 1. The predicted molar refractivity (Wildman–Crippen MR) is 120 cm³/mol. The van der Waals surface area contributed by atoms with E-state index in [1.807, 2.05) is 37.3 Å². The number of nitrogens with zero attached hydrogens (tertiary/aromatic N) is 2. The molecule has 0 unspecified atom stereocenters. The number of thiocarbonyl (C=S) groups is 1. The molecule has 142 valence electrons. The molecule has 1 aliphatic rings. The molecule has 5 heteroatoms. The van der Waals surface area contributed by atoms with E-state index in [9.17, 15) is 4.79 Å². The zero-order valence-electron chi connectivity index (χ0n) is 15.8. The fraction of sp³-hybridized carbons (Fsp3) is 0.0833. The number of amides is 1. The van der Waals surface area contributed by atoms with Crippen LogP contribution in [0.3, 0.4) is 0 Å². The lowest BCUT2D eigenvalue weighted by atomic mass is 10.1. The molecular weight excluding hydrogens is 380 g/mol. The van der Waals surface area contributed by atoms with Crippen molar-refractivity contribution >= 4 is 51.2 Å². The van der Waals surface area contributed by atoms with Gasteiger partial charge in [-0.3, -0.25) is 9.69 Å². The normalized spacial score (nSPS) is 15.6. The predicted octanol–water partition coefficient (Wildman–Crippen LogP) is 5.29. The third-order valence-corrected chi connectivity index (χ3v) is 5.50. The number of para-hydroxylation sites is 2. The molecule has 0 aliphatic carbocycles. The number of benzene rings is 3. The van der Waals surface area contributed by atoms with Crippen molar-refractivity contribution in [3.8, 4) is 5.69 Å². The van der Waals surface area contributed by atoms with Gasteiger partial charge in [-0.1, -0.05) is 42.5 Å². The highest BCUT2D eigenvalue weighted by atomic mass is 32.1. The van der Waals surface area contributed by atoms with E-state index in [0.29, 0.717) is 6.54 Å². The zero-order chi connectivity index (χ0) is 20.0. The molecular formula is C24H18N2O2S. The molecule has 0 spiro atoms. The number of ether oxygens (including phenoxy) is 1. The van der Waals surface area contributed by atoms with E-state index in [1.54, 1.807) is 6.08 Å². The summed E-state index contributed by atoms with van der Waals surface area (Å²) in [5.41, 5.74) is 4.27. The van der Waals surface area contributed by atoms with Crippen LogP contribution in [0, 0.1) is 0 Å². The zero-order valence-corrected chi connectivity index (χ0v) is 16.6. The Bertz CT molecular complexity index is 1300. The van der Waals surface area contributed by atoms with Crippen LogP contribution < -0.4 is 0 Å². The second-order valence-corrected chi connectivity index (χ2v) is 7.24. The number of aromatic nitrogens is 1. The van der Waals surface area contributed by atoms with E-state index in [0.717, 1.165) is 33.1 Å². The molecule has 1 saturated heterocycles. The fourth-order valence-corrected chi connectivity index (χ4v) is 4.16. The lowest BCUT2D eigenvalue weighted by Gasteiger charge is -2.07. The van der Waals surface area contributed by atoms with Crippen LogP contribution in [0.1, 0.15) is 12.5 Å². The van der Waals surface area contributed by atoms with Gasteiger partial charge in [-0.15, -0.1) is 0 Å². The van der Waals surface area contributed by atoms with Gasteiger partial charge in [0.1, 0.15) is 0 Å². The highest BCUT2D eigenvalue weighted by Crippen LogP contribution is 2.33. The molecule has 0 atom stereocenters. The van der Waals surface area contributed by atoms with Crippen LogP contribution in [0.2, 0.25) is 0 Å². The maximum absolute atomic E-state index is 12.5. The monoisotopic (exact) mass is 398 g/mol. The van der Waals surface area contributed by atoms with Gasteiger partial charge in [0, 0.05) is 23.0 Å². The summed E-state index contributed by atoms with van der Waals surface area (Å²) in [6, 6.07) is 24.8. The molecule has 0 N–H and O–H groups in total. The van der Waals surface area contributed by atoms with Gasteiger partial charge in [-0.25, -0.2) is 0 Å². The first-order valence-corrected chi connectivity index (χ1v) is 9.92. The lowest BCUT2D eigenvalue weighted by Crippen LogP contribution is -2.27. The van der Waals surface area contributed by atoms with E-state index in [2.05, 4.69) is 47.0 Å². The minimum atomic E-state index is -0.190. The third-order valence-electron chi connectivity index (χ3n) is 5.20. The summed E-state index contributed by atoms with van der Waals surface area (Å²) in [5, 5.41) is 2.50. The van der Waals surface area contributed by atoms with Crippen LogP contribution in [0.25, 0.3) is 33.6 Å². The van der Waals surface area contributed by atoms with Crippen molar-refractivity contribution in [2.24, 2.45) is 0 Å². The second kappa shape index (κ2) is 6.87. The van der Waals surface area contributed by atoms with Crippen LogP contribution in [-0.4, -0.2) is 27.1 Å². The molecule has 29 heavy (non-hydrogen) atoms. The summed E-state index contributed by atoms with van der Waals surface area (Å²) < 4.78 is 7.78. The standard InChI is InChI=1S/C24H18N2O2S/c1-2-25-23(27)22(28-24(25)29)15-16-12-13-21-19(14-16)18-10-6-7-11-20(18)26(21)17-8-4-3-5-9-17/h3-15H,2H2,1H3/b22-15+. The van der Waals surface area contributed by atoms with E-state index < -0.39 is 0 Å². The molecule has 1 aliphatic heterocycles. The SMILES string of the molecule is CCN1C(=O)/C(=C\c2ccc3c(c2)c2ccccc2n3-c2ccccc2)OC1=S. The van der Waals surface area contributed by atoms with Crippen LogP contribution >= 0.6 is 12.2 Å². The van der Waals surface area contributed by atoms with Crippen molar-refractivity contribution in [1.82, 2.24) is 9.47 Å². The first-order chi connectivity index (χ1) is 14.2. The lowest BCUT2D eigenvalue weighted by molar-refractivity contribution is -0.122. The maximum atomic E-state index is 12.5. The molecule has 5 rings (SSSR count). The average molecular weight is 398 g/mol. The number of carbonyl (C=O) groups excluding carboxylic acids is 1. The number of fused-ring (bicyclic) bond motifs is 3. The Labute approximate surface area is 173 Å². The summed E-state index contributed by atoms with van der Waals surface area (Å²) in [7, 11) is 0. The molecule has 4 aromatic rings. The molecule has 3 aromatic carbocycles. The topological polar surface area (TPSA) is 34.5 Å². The van der Waals surface area contributed by atoms with Crippen LogP contribution in [0.4, 0.5) is 0 Å². The van der Waals surface area contributed by atoms with E-state index in [1.165, 1.54) is 4.90 Å². The number of hydrogen-bond acceptors (Lipinski definition) is 3.